The number of nitrogens with one attached hydrogen (secondary N) is 1. The van der Waals surface area contributed by atoms with Crippen molar-refractivity contribution in [3.63, 3.8) is 0 Å². The molecule has 0 saturated carbocycles. The molecule has 7 nitrogen and oxygen atoms in total. The fourth-order valence-electron chi connectivity index (χ4n) is 4.16. The summed E-state index contributed by atoms with van der Waals surface area (Å²) < 4.78 is 10.6. The van der Waals surface area contributed by atoms with Gasteiger partial charge in [0.15, 0.2) is 11.5 Å². The zero-order valence-electron chi connectivity index (χ0n) is 17.1. The van der Waals surface area contributed by atoms with Crippen molar-refractivity contribution in [2.75, 3.05) is 39.4 Å². The highest BCUT2D eigenvalue weighted by atomic mass is 16.5. The van der Waals surface area contributed by atoms with E-state index in [0.717, 1.165) is 50.4 Å². The SMILES string of the molecule is Cc1ccc([C@@H]2C(C(=O)c3ccco3)=C(O)C(=O)N2CCC[NH+]2CCOCC2)cc1. The van der Waals surface area contributed by atoms with Crippen LogP contribution < -0.4 is 4.90 Å². The van der Waals surface area contributed by atoms with Gasteiger partial charge in [0.2, 0.25) is 5.78 Å². The Labute approximate surface area is 175 Å². The smallest absolute Gasteiger partial charge is 0.290 e. The van der Waals surface area contributed by atoms with Crippen molar-refractivity contribution in [1.82, 2.24) is 4.90 Å². The van der Waals surface area contributed by atoms with E-state index < -0.39 is 23.5 Å². The monoisotopic (exact) mass is 411 g/mol. The average Bonchev–Trinajstić information content (AvgIpc) is 3.38. The summed E-state index contributed by atoms with van der Waals surface area (Å²) in [6.07, 6.45) is 2.18. The second kappa shape index (κ2) is 8.85. The van der Waals surface area contributed by atoms with Crippen LogP contribution in [0.1, 0.15) is 34.1 Å². The summed E-state index contributed by atoms with van der Waals surface area (Å²) in [5.41, 5.74) is 1.96. The molecule has 4 rings (SSSR count). The number of ketones is 1. The first kappa shape index (κ1) is 20.4. The summed E-state index contributed by atoms with van der Waals surface area (Å²) in [5, 5.41) is 10.6. The molecule has 158 valence electrons. The van der Waals surface area contributed by atoms with Gasteiger partial charge in [0.25, 0.3) is 5.91 Å². The van der Waals surface area contributed by atoms with E-state index in [2.05, 4.69) is 0 Å². The number of hydrogen-bond acceptors (Lipinski definition) is 5. The Balaban J connectivity index is 1.59. The first-order valence-electron chi connectivity index (χ1n) is 10.4. The Morgan fingerprint density at radius 2 is 1.93 bits per heavy atom. The molecule has 0 bridgehead atoms. The molecule has 1 aromatic heterocycles. The number of morpholine rings is 1. The number of ether oxygens (including phenoxy) is 1. The van der Waals surface area contributed by atoms with Crippen LogP contribution >= 0.6 is 0 Å². The summed E-state index contributed by atoms with van der Waals surface area (Å²) in [4.78, 5) is 29.1. The molecule has 3 heterocycles. The highest BCUT2D eigenvalue weighted by Gasteiger charge is 2.44. The van der Waals surface area contributed by atoms with Gasteiger partial charge in [0.1, 0.15) is 13.1 Å². The average molecular weight is 411 g/mol. The number of amides is 1. The Morgan fingerprint density at radius 1 is 1.20 bits per heavy atom. The van der Waals surface area contributed by atoms with Gasteiger partial charge in [0, 0.05) is 13.0 Å². The van der Waals surface area contributed by atoms with E-state index in [0.29, 0.717) is 6.54 Å². The maximum Gasteiger partial charge on any atom is 0.290 e. The largest absolute Gasteiger partial charge is 0.503 e. The van der Waals surface area contributed by atoms with Gasteiger partial charge in [-0.3, -0.25) is 9.59 Å². The molecule has 0 spiro atoms. The minimum absolute atomic E-state index is 0.0810. The van der Waals surface area contributed by atoms with Gasteiger partial charge >= 0.3 is 0 Å². The predicted octanol–water partition coefficient (Wildman–Crippen LogP) is 1.47. The zero-order chi connectivity index (χ0) is 21.1. The van der Waals surface area contributed by atoms with E-state index in [1.807, 2.05) is 31.2 Å². The predicted molar refractivity (Wildman–Crippen MR) is 109 cm³/mol. The van der Waals surface area contributed by atoms with Crippen LogP contribution in [0.3, 0.4) is 0 Å². The standard InChI is InChI=1S/C23H26N2O5/c1-16-5-7-17(8-6-16)20-19(21(26)18-4-2-13-30-18)22(27)23(28)25(20)10-3-9-24-11-14-29-15-12-24/h2,4-8,13,20,27H,3,9-12,14-15H2,1H3/p+1/t20-/m1/s1. The first-order chi connectivity index (χ1) is 14.6. The third-order valence-corrected chi connectivity index (χ3v) is 5.82. The number of aliphatic hydroxyl groups excluding tert-OH is 1. The van der Waals surface area contributed by atoms with Crippen LogP contribution in [0, 0.1) is 6.92 Å². The molecule has 2 aliphatic heterocycles. The van der Waals surface area contributed by atoms with Crippen LogP contribution in [-0.4, -0.2) is 61.1 Å². The number of hydrogen-bond donors (Lipinski definition) is 2. The van der Waals surface area contributed by atoms with E-state index in [4.69, 9.17) is 9.15 Å². The minimum Gasteiger partial charge on any atom is -0.503 e. The molecule has 1 aromatic carbocycles. The lowest BCUT2D eigenvalue weighted by atomic mass is 9.94. The quantitative estimate of drug-likeness (QED) is 0.674. The van der Waals surface area contributed by atoms with Gasteiger partial charge in [-0.05, 0) is 24.6 Å². The van der Waals surface area contributed by atoms with Gasteiger partial charge in [-0.2, -0.15) is 0 Å². The normalized spacial score (nSPS) is 20.2. The molecule has 7 heteroatoms. The molecule has 1 atom stereocenters. The van der Waals surface area contributed by atoms with Crippen LogP contribution in [0.25, 0.3) is 0 Å². The van der Waals surface area contributed by atoms with Crippen LogP contribution in [-0.2, 0) is 9.53 Å². The molecule has 30 heavy (non-hydrogen) atoms. The number of aliphatic hydroxyl groups is 1. The number of rotatable bonds is 7. The molecular weight excluding hydrogens is 384 g/mol. The van der Waals surface area contributed by atoms with Crippen LogP contribution in [0.2, 0.25) is 0 Å². The lowest BCUT2D eigenvalue weighted by Gasteiger charge is -2.28. The van der Waals surface area contributed by atoms with E-state index in [1.54, 1.807) is 17.0 Å². The highest BCUT2D eigenvalue weighted by Crippen LogP contribution is 2.39. The van der Waals surface area contributed by atoms with Crippen molar-refractivity contribution >= 4 is 11.7 Å². The molecule has 2 N–H and O–H groups in total. The second-order valence-corrected chi connectivity index (χ2v) is 7.85. The molecule has 1 amide bonds. The van der Waals surface area contributed by atoms with E-state index >= 15 is 0 Å². The third-order valence-electron chi connectivity index (χ3n) is 5.82. The molecule has 2 aromatic rings. The molecular formula is C23H27N2O5+. The van der Waals surface area contributed by atoms with Crippen LogP contribution in [0.15, 0.2) is 58.4 Å². The summed E-state index contributed by atoms with van der Waals surface area (Å²) >= 11 is 0. The lowest BCUT2D eigenvalue weighted by molar-refractivity contribution is -0.908. The maximum atomic E-state index is 13.1. The van der Waals surface area contributed by atoms with Gasteiger partial charge < -0.3 is 24.1 Å². The summed E-state index contributed by atoms with van der Waals surface area (Å²) in [6, 6.07) is 10.2. The van der Waals surface area contributed by atoms with Crippen molar-refractivity contribution in [3.8, 4) is 0 Å². The van der Waals surface area contributed by atoms with Gasteiger partial charge in [-0.1, -0.05) is 29.8 Å². The molecule has 1 saturated heterocycles. The van der Waals surface area contributed by atoms with E-state index in [-0.39, 0.29) is 11.3 Å². The van der Waals surface area contributed by atoms with Crippen molar-refractivity contribution in [2.45, 2.75) is 19.4 Å². The maximum absolute atomic E-state index is 13.1. The van der Waals surface area contributed by atoms with Crippen molar-refractivity contribution in [3.05, 3.63) is 70.9 Å². The number of quaternary nitrogens is 1. The fourth-order valence-corrected chi connectivity index (χ4v) is 4.16. The Hall–Kier alpha value is -2.90. The zero-order valence-corrected chi connectivity index (χ0v) is 17.1. The number of carbonyl (C=O) groups excluding carboxylic acids is 2. The van der Waals surface area contributed by atoms with Crippen molar-refractivity contribution in [1.29, 1.82) is 0 Å². The molecule has 0 radical (unpaired) electrons. The number of benzene rings is 1. The van der Waals surface area contributed by atoms with E-state index in [9.17, 15) is 14.7 Å². The van der Waals surface area contributed by atoms with Crippen LogP contribution in [0.5, 0.6) is 0 Å². The number of aryl methyl sites for hydroxylation is 1. The van der Waals surface area contributed by atoms with Crippen molar-refractivity contribution < 1.29 is 28.7 Å². The number of carbonyl (C=O) groups is 2. The summed E-state index contributed by atoms with van der Waals surface area (Å²) in [5.74, 6) is -1.34. The summed E-state index contributed by atoms with van der Waals surface area (Å²) in [6.45, 7) is 6.79. The fraction of sp³-hybridized carbons (Fsp3) is 0.391. The van der Waals surface area contributed by atoms with Crippen molar-refractivity contribution in [2.24, 2.45) is 0 Å². The number of furan rings is 1. The number of Topliss-reactive ketones (excluding diaryl/α,β-unsaturated/α-hetero) is 1. The first-order valence-corrected chi connectivity index (χ1v) is 10.4. The highest BCUT2D eigenvalue weighted by molar-refractivity contribution is 6.15. The Kier molecular flexibility index (Phi) is 6.01. The van der Waals surface area contributed by atoms with Gasteiger partial charge in [-0.15, -0.1) is 0 Å². The Bertz CT molecular complexity index is 927. The van der Waals surface area contributed by atoms with Gasteiger partial charge in [-0.25, -0.2) is 0 Å². The Morgan fingerprint density at radius 3 is 2.60 bits per heavy atom. The van der Waals surface area contributed by atoms with Crippen LogP contribution in [0.4, 0.5) is 0 Å². The topological polar surface area (TPSA) is 84.4 Å². The lowest BCUT2D eigenvalue weighted by Crippen LogP contribution is -3.14. The van der Waals surface area contributed by atoms with E-state index in [1.165, 1.54) is 11.2 Å². The molecule has 1 fully saturated rings. The second-order valence-electron chi connectivity index (χ2n) is 7.85. The summed E-state index contributed by atoms with van der Waals surface area (Å²) in [7, 11) is 0. The third kappa shape index (κ3) is 4.04. The number of nitrogens with zero attached hydrogens (tertiary/aromatic N) is 1. The van der Waals surface area contributed by atoms with Gasteiger partial charge in [0.05, 0.1) is 37.6 Å². The molecule has 0 unspecified atom stereocenters. The minimum atomic E-state index is -0.629. The molecule has 2 aliphatic rings. The molecule has 0 aliphatic carbocycles.